The fraction of sp³-hybridized carbons (Fsp3) is 0.625. The van der Waals surface area contributed by atoms with Crippen molar-refractivity contribution in [2.45, 2.75) is 32.7 Å². The Labute approximate surface area is 149 Å². The van der Waals surface area contributed by atoms with E-state index in [1.54, 1.807) is 6.07 Å². The van der Waals surface area contributed by atoms with Crippen molar-refractivity contribution in [2.24, 2.45) is 5.41 Å². The van der Waals surface area contributed by atoms with Gasteiger partial charge in [-0.05, 0) is 62.9 Å². The van der Waals surface area contributed by atoms with Crippen LogP contribution in [0.1, 0.15) is 30.4 Å². The number of rotatable bonds is 2. The van der Waals surface area contributed by atoms with Crippen molar-refractivity contribution in [1.82, 2.24) is 10.2 Å². The smallest absolute Gasteiger partial charge is 0.129 e. The molecule has 1 aromatic carbocycles. The van der Waals surface area contributed by atoms with E-state index in [-0.39, 0.29) is 30.6 Å². The van der Waals surface area contributed by atoms with E-state index in [0.717, 1.165) is 31.7 Å². The molecule has 2 fully saturated rings. The third kappa shape index (κ3) is 4.07. The first kappa shape index (κ1) is 20.0. The summed E-state index contributed by atoms with van der Waals surface area (Å²) in [6.45, 7) is 6.95. The zero-order valence-corrected chi connectivity index (χ0v) is 15.2. The molecule has 6 heteroatoms. The van der Waals surface area contributed by atoms with Gasteiger partial charge in [0.05, 0.1) is 5.02 Å². The van der Waals surface area contributed by atoms with Crippen LogP contribution in [0.25, 0.3) is 0 Å². The first-order valence-corrected chi connectivity index (χ1v) is 7.84. The lowest BCUT2D eigenvalue weighted by molar-refractivity contribution is 0.193. The van der Waals surface area contributed by atoms with Crippen LogP contribution in [-0.2, 0) is 6.54 Å². The predicted molar refractivity (Wildman–Crippen MR) is 95.1 cm³/mol. The average molecular weight is 370 g/mol. The molecule has 3 rings (SSSR count). The van der Waals surface area contributed by atoms with Gasteiger partial charge in [-0.1, -0.05) is 17.7 Å². The van der Waals surface area contributed by atoms with Gasteiger partial charge in [0.2, 0.25) is 0 Å². The molecule has 2 aliphatic heterocycles. The highest BCUT2D eigenvalue weighted by Gasteiger charge is 2.38. The van der Waals surface area contributed by atoms with Crippen molar-refractivity contribution < 1.29 is 4.39 Å². The number of aryl methyl sites for hydroxylation is 1. The first-order chi connectivity index (χ1) is 9.60. The lowest BCUT2D eigenvalue weighted by Crippen LogP contribution is -2.38. The summed E-state index contributed by atoms with van der Waals surface area (Å²) in [6.07, 6.45) is 3.72. The topological polar surface area (TPSA) is 15.3 Å². The zero-order valence-electron chi connectivity index (χ0n) is 12.8. The molecule has 0 bridgehead atoms. The molecule has 1 aromatic rings. The van der Waals surface area contributed by atoms with Gasteiger partial charge in [0, 0.05) is 18.7 Å². The third-order valence-corrected chi connectivity index (χ3v) is 5.47. The van der Waals surface area contributed by atoms with E-state index in [2.05, 4.69) is 10.2 Å². The van der Waals surface area contributed by atoms with Gasteiger partial charge in [0.15, 0.2) is 0 Å². The van der Waals surface area contributed by atoms with E-state index in [4.69, 9.17) is 11.6 Å². The maximum atomic E-state index is 14.0. The minimum absolute atomic E-state index is 0. The van der Waals surface area contributed by atoms with Crippen LogP contribution in [0.2, 0.25) is 5.02 Å². The first-order valence-electron chi connectivity index (χ1n) is 7.46. The minimum atomic E-state index is -0.174. The molecule has 1 spiro atoms. The molecule has 22 heavy (non-hydrogen) atoms. The maximum absolute atomic E-state index is 14.0. The number of nitrogens with zero attached hydrogens (tertiary/aromatic N) is 1. The number of hydrogen-bond acceptors (Lipinski definition) is 2. The molecular weight excluding hydrogens is 346 g/mol. The van der Waals surface area contributed by atoms with E-state index in [1.807, 2.05) is 6.92 Å². The third-order valence-electron chi connectivity index (χ3n) is 4.94. The summed E-state index contributed by atoms with van der Waals surface area (Å²) >= 11 is 6.28. The lowest BCUT2D eigenvalue weighted by atomic mass is 9.78. The van der Waals surface area contributed by atoms with Gasteiger partial charge in [-0.25, -0.2) is 4.39 Å². The van der Waals surface area contributed by atoms with Crippen LogP contribution in [0.4, 0.5) is 4.39 Å². The number of likely N-dealkylation sites (tertiary alicyclic amines) is 1. The Bertz CT molecular complexity index is 504. The molecule has 0 aliphatic carbocycles. The van der Waals surface area contributed by atoms with Gasteiger partial charge >= 0.3 is 0 Å². The summed E-state index contributed by atoms with van der Waals surface area (Å²) in [7, 11) is 0. The maximum Gasteiger partial charge on any atom is 0.129 e. The highest BCUT2D eigenvalue weighted by atomic mass is 35.5. The molecule has 0 aromatic heterocycles. The normalized spacial score (nSPS) is 20.5. The Hall–Kier alpha value is -0.0600. The number of benzene rings is 1. The molecule has 1 N–H and O–H groups in total. The summed E-state index contributed by atoms with van der Waals surface area (Å²) in [5, 5.41) is 4.02. The zero-order chi connectivity index (χ0) is 14.2. The summed E-state index contributed by atoms with van der Waals surface area (Å²) in [4.78, 5) is 2.37. The van der Waals surface area contributed by atoms with Crippen LogP contribution >= 0.6 is 36.4 Å². The van der Waals surface area contributed by atoms with E-state index >= 15 is 0 Å². The van der Waals surface area contributed by atoms with Gasteiger partial charge < -0.3 is 5.32 Å². The molecule has 0 radical (unpaired) electrons. The van der Waals surface area contributed by atoms with Crippen LogP contribution in [0.15, 0.2) is 12.1 Å². The summed E-state index contributed by atoms with van der Waals surface area (Å²) in [6, 6.07) is 3.28. The van der Waals surface area contributed by atoms with E-state index in [9.17, 15) is 4.39 Å². The standard InChI is InChI=1S/C16H22ClFN2.2ClH/c1-12-2-3-14(18)13(15(12)17)10-20-9-6-16(11-20)4-7-19-8-5-16;;/h2-3,19H,4-11H2,1H3;2*1H. The molecule has 2 heterocycles. The van der Waals surface area contributed by atoms with Crippen LogP contribution in [0.5, 0.6) is 0 Å². The van der Waals surface area contributed by atoms with Crippen LogP contribution in [-0.4, -0.2) is 31.1 Å². The Morgan fingerprint density at radius 1 is 1.23 bits per heavy atom. The Morgan fingerprint density at radius 2 is 1.91 bits per heavy atom. The second-order valence-corrected chi connectivity index (χ2v) is 6.75. The van der Waals surface area contributed by atoms with Crippen molar-refractivity contribution in [1.29, 1.82) is 0 Å². The Kier molecular flexibility index (Phi) is 7.41. The van der Waals surface area contributed by atoms with Gasteiger partial charge in [0.25, 0.3) is 0 Å². The van der Waals surface area contributed by atoms with Crippen LogP contribution in [0, 0.1) is 18.2 Å². The molecular formula is C16H24Cl3FN2. The fourth-order valence-corrected chi connectivity index (χ4v) is 3.82. The molecule has 2 saturated heterocycles. The molecule has 2 aliphatic rings. The van der Waals surface area contributed by atoms with Crippen molar-refractivity contribution in [3.63, 3.8) is 0 Å². The highest BCUT2D eigenvalue weighted by Crippen LogP contribution is 2.39. The number of piperidine rings is 1. The number of halogens is 4. The average Bonchev–Trinajstić information content (AvgIpc) is 2.83. The molecule has 0 atom stereocenters. The second kappa shape index (κ2) is 8.16. The number of hydrogen-bond donors (Lipinski definition) is 1. The molecule has 0 amide bonds. The quantitative estimate of drug-likeness (QED) is 0.840. The summed E-state index contributed by atoms with van der Waals surface area (Å²) < 4.78 is 14.0. The van der Waals surface area contributed by atoms with Gasteiger partial charge in [0.1, 0.15) is 5.82 Å². The fourth-order valence-electron chi connectivity index (χ4n) is 3.61. The van der Waals surface area contributed by atoms with Crippen LogP contribution in [0.3, 0.4) is 0 Å². The van der Waals surface area contributed by atoms with Gasteiger partial charge in [-0.2, -0.15) is 0 Å². The van der Waals surface area contributed by atoms with Crippen molar-refractivity contribution >= 4 is 36.4 Å². The predicted octanol–water partition coefficient (Wildman–Crippen LogP) is 4.21. The van der Waals surface area contributed by atoms with E-state index in [1.165, 1.54) is 25.3 Å². The Balaban J connectivity index is 0.00000121. The van der Waals surface area contributed by atoms with Crippen LogP contribution < -0.4 is 5.32 Å². The van der Waals surface area contributed by atoms with Gasteiger partial charge in [-0.3, -0.25) is 4.90 Å². The monoisotopic (exact) mass is 368 g/mol. The minimum Gasteiger partial charge on any atom is -0.317 e. The number of nitrogens with one attached hydrogen (secondary N) is 1. The summed E-state index contributed by atoms with van der Waals surface area (Å²) in [5.41, 5.74) is 2.08. The molecule has 0 saturated carbocycles. The molecule has 126 valence electrons. The lowest BCUT2D eigenvalue weighted by Gasteiger charge is -2.34. The Morgan fingerprint density at radius 3 is 2.59 bits per heavy atom. The van der Waals surface area contributed by atoms with Crippen molar-refractivity contribution in [3.8, 4) is 0 Å². The molecule has 0 unspecified atom stereocenters. The SMILES string of the molecule is Cc1ccc(F)c(CN2CCC3(CCNCC3)C2)c1Cl.Cl.Cl. The molecule has 2 nitrogen and oxygen atoms in total. The largest absolute Gasteiger partial charge is 0.317 e. The van der Waals surface area contributed by atoms with Crippen molar-refractivity contribution in [3.05, 3.63) is 34.1 Å². The second-order valence-electron chi connectivity index (χ2n) is 6.37. The highest BCUT2D eigenvalue weighted by molar-refractivity contribution is 6.32. The van der Waals surface area contributed by atoms with Crippen molar-refractivity contribution in [2.75, 3.05) is 26.2 Å². The summed E-state index contributed by atoms with van der Waals surface area (Å²) in [5.74, 6) is -0.174. The van der Waals surface area contributed by atoms with E-state index in [0.29, 0.717) is 22.5 Å². The van der Waals surface area contributed by atoms with E-state index < -0.39 is 0 Å². The van der Waals surface area contributed by atoms with Gasteiger partial charge in [-0.15, -0.1) is 24.8 Å².